The van der Waals surface area contributed by atoms with E-state index in [2.05, 4.69) is 17.2 Å². The molecule has 1 aliphatic carbocycles. The zero-order valence-corrected chi connectivity index (χ0v) is 11.6. The van der Waals surface area contributed by atoms with Gasteiger partial charge in [-0.3, -0.25) is 0 Å². The largest absolute Gasteiger partial charge is 0.393 e. The molecule has 5 heteroatoms. The van der Waals surface area contributed by atoms with Crippen molar-refractivity contribution in [2.24, 2.45) is 5.92 Å². The van der Waals surface area contributed by atoms with E-state index in [9.17, 15) is 9.90 Å². The van der Waals surface area contributed by atoms with Crippen LogP contribution in [0, 0.1) is 5.92 Å². The van der Waals surface area contributed by atoms with Gasteiger partial charge in [-0.25, -0.2) is 4.79 Å². The standard InChI is InChI=1S/C14H26N2O3/c1-2-3-8-19-9-7-15-14(18)16-11-12-5-4-6-13(17)10-12/h2,12-13,17H,1,3-11H2,(H2,15,16,18). The zero-order valence-electron chi connectivity index (χ0n) is 11.6. The Morgan fingerprint density at radius 3 is 2.95 bits per heavy atom. The van der Waals surface area contributed by atoms with Crippen LogP contribution in [-0.2, 0) is 4.74 Å². The number of carbonyl (C=O) groups excluding carboxylic acids is 1. The predicted molar refractivity (Wildman–Crippen MR) is 75.0 cm³/mol. The highest BCUT2D eigenvalue weighted by Crippen LogP contribution is 2.23. The summed E-state index contributed by atoms with van der Waals surface area (Å²) >= 11 is 0. The fourth-order valence-corrected chi connectivity index (χ4v) is 2.25. The molecule has 0 bridgehead atoms. The van der Waals surface area contributed by atoms with E-state index in [1.807, 2.05) is 0 Å². The van der Waals surface area contributed by atoms with Crippen LogP contribution in [0.2, 0.25) is 0 Å². The number of ether oxygens (including phenoxy) is 1. The predicted octanol–water partition coefficient (Wildman–Crippen LogP) is 1.43. The smallest absolute Gasteiger partial charge is 0.314 e. The molecule has 0 aromatic carbocycles. The van der Waals surface area contributed by atoms with Crippen LogP contribution in [0.3, 0.4) is 0 Å². The average molecular weight is 270 g/mol. The SMILES string of the molecule is C=CCCOCCNC(=O)NCC1CCCC(O)C1. The lowest BCUT2D eigenvalue weighted by Gasteiger charge is -2.25. The number of rotatable bonds is 8. The minimum Gasteiger partial charge on any atom is -0.393 e. The normalized spacial score (nSPS) is 22.8. The second kappa shape index (κ2) is 9.81. The number of carbonyl (C=O) groups is 1. The summed E-state index contributed by atoms with van der Waals surface area (Å²) in [4.78, 5) is 11.5. The molecule has 5 nitrogen and oxygen atoms in total. The highest BCUT2D eigenvalue weighted by molar-refractivity contribution is 5.73. The van der Waals surface area contributed by atoms with E-state index >= 15 is 0 Å². The average Bonchev–Trinajstić information content (AvgIpc) is 2.40. The third-order valence-corrected chi connectivity index (χ3v) is 3.30. The lowest BCUT2D eigenvalue weighted by molar-refractivity contribution is 0.101. The Hall–Kier alpha value is -1.07. The first-order chi connectivity index (χ1) is 9.22. The Morgan fingerprint density at radius 2 is 2.21 bits per heavy atom. The van der Waals surface area contributed by atoms with Gasteiger partial charge in [0, 0.05) is 13.1 Å². The molecule has 0 aromatic rings. The number of aliphatic hydroxyl groups is 1. The molecule has 1 rings (SSSR count). The van der Waals surface area contributed by atoms with Crippen LogP contribution in [0.4, 0.5) is 4.79 Å². The Morgan fingerprint density at radius 1 is 1.37 bits per heavy atom. The number of hydrogen-bond donors (Lipinski definition) is 3. The Labute approximate surface area is 115 Å². The van der Waals surface area contributed by atoms with Crippen LogP contribution in [0.5, 0.6) is 0 Å². The van der Waals surface area contributed by atoms with E-state index in [1.165, 1.54) is 0 Å². The molecule has 0 aromatic heterocycles. The molecule has 19 heavy (non-hydrogen) atoms. The molecular weight excluding hydrogens is 244 g/mol. The lowest BCUT2D eigenvalue weighted by atomic mass is 9.87. The van der Waals surface area contributed by atoms with Gasteiger partial charge in [0.15, 0.2) is 0 Å². The third-order valence-electron chi connectivity index (χ3n) is 3.30. The van der Waals surface area contributed by atoms with Gasteiger partial charge in [0.05, 0.1) is 19.3 Å². The number of urea groups is 1. The Bertz CT molecular complexity index is 271. The fourth-order valence-electron chi connectivity index (χ4n) is 2.25. The minimum absolute atomic E-state index is 0.160. The monoisotopic (exact) mass is 270 g/mol. The molecule has 0 aliphatic heterocycles. The second-order valence-electron chi connectivity index (χ2n) is 5.01. The summed E-state index contributed by atoms with van der Waals surface area (Å²) < 4.78 is 5.29. The quantitative estimate of drug-likeness (QED) is 0.461. The summed E-state index contributed by atoms with van der Waals surface area (Å²) in [5.41, 5.74) is 0. The maximum atomic E-state index is 11.5. The molecule has 3 N–H and O–H groups in total. The molecule has 1 aliphatic rings. The molecule has 1 fully saturated rings. The molecule has 2 amide bonds. The van der Waals surface area contributed by atoms with Crippen molar-refractivity contribution in [2.45, 2.75) is 38.2 Å². The molecule has 1 saturated carbocycles. The lowest BCUT2D eigenvalue weighted by Crippen LogP contribution is -2.40. The first kappa shape index (κ1) is 16.0. The van der Waals surface area contributed by atoms with E-state index in [0.717, 1.165) is 32.1 Å². The molecule has 0 radical (unpaired) electrons. The van der Waals surface area contributed by atoms with Crippen molar-refractivity contribution in [3.63, 3.8) is 0 Å². The molecule has 2 atom stereocenters. The molecule has 0 heterocycles. The summed E-state index contributed by atoms with van der Waals surface area (Å²) in [6, 6.07) is -0.160. The van der Waals surface area contributed by atoms with Crippen molar-refractivity contribution in [2.75, 3.05) is 26.3 Å². The van der Waals surface area contributed by atoms with Gasteiger partial charge >= 0.3 is 6.03 Å². The minimum atomic E-state index is -0.193. The van der Waals surface area contributed by atoms with Gasteiger partial charge in [-0.15, -0.1) is 6.58 Å². The van der Waals surface area contributed by atoms with Gasteiger partial charge in [-0.05, 0) is 31.6 Å². The van der Waals surface area contributed by atoms with Crippen LogP contribution in [0.25, 0.3) is 0 Å². The van der Waals surface area contributed by atoms with Gasteiger partial charge in [-0.2, -0.15) is 0 Å². The van der Waals surface area contributed by atoms with Crippen LogP contribution in [0.1, 0.15) is 32.1 Å². The highest BCUT2D eigenvalue weighted by Gasteiger charge is 2.20. The summed E-state index contributed by atoms with van der Waals surface area (Å²) in [6.07, 6.45) is 6.26. The summed E-state index contributed by atoms with van der Waals surface area (Å²) in [6.45, 7) is 5.92. The van der Waals surface area contributed by atoms with Crippen molar-refractivity contribution >= 4 is 6.03 Å². The second-order valence-corrected chi connectivity index (χ2v) is 5.01. The van der Waals surface area contributed by atoms with Crippen LogP contribution in [-0.4, -0.2) is 43.5 Å². The van der Waals surface area contributed by atoms with Crippen molar-refractivity contribution < 1.29 is 14.6 Å². The van der Waals surface area contributed by atoms with Gasteiger partial charge in [0.2, 0.25) is 0 Å². The van der Waals surface area contributed by atoms with Crippen LogP contribution < -0.4 is 10.6 Å². The number of hydrogen-bond acceptors (Lipinski definition) is 3. The van der Waals surface area contributed by atoms with Gasteiger partial charge in [0.1, 0.15) is 0 Å². The van der Waals surface area contributed by atoms with Crippen molar-refractivity contribution in [3.8, 4) is 0 Å². The number of aliphatic hydroxyl groups excluding tert-OH is 1. The highest BCUT2D eigenvalue weighted by atomic mass is 16.5. The first-order valence-corrected chi connectivity index (χ1v) is 7.10. The van der Waals surface area contributed by atoms with Crippen molar-refractivity contribution in [1.29, 1.82) is 0 Å². The van der Waals surface area contributed by atoms with Crippen LogP contribution in [0.15, 0.2) is 12.7 Å². The fraction of sp³-hybridized carbons (Fsp3) is 0.786. The van der Waals surface area contributed by atoms with E-state index in [-0.39, 0.29) is 12.1 Å². The molecule has 0 spiro atoms. The molecule has 2 unspecified atom stereocenters. The maximum Gasteiger partial charge on any atom is 0.314 e. The van der Waals surface area contributed by atoms with Crippen molar-refractivity contribution in [3.05, 3.63) is 12.7 Å². The maximum absolute atomic E-state index is 11.5. The zero-order chi connectivity index (χ0) is 13.9. The van der Waals surface area contributed by atoms with E-state index in [1.54, 1.807) is 6.08 Å². The Kier molecular flexibility index (Phi) is 8.25. The van der Waals surface area contributed by atoms with Crippen LogP contribution >= 0.6 is 0 Å². The molecular formula is C14H26N2O3. The molecule has 110 valence electrons. The summed E-state index contributed by atoms with van der Waals surface area (Å²) in [7, 11) is 0. The number of amides is 2. The van der Waals surface area contributed by atoms with E-state index in [0.29, 0.717) is 32.2 Å². The summed E-state index contributed by atoms with van der Waals surface area (Å²) in [5, 5.41) is 15.1. The molecule has 0 saturated heterocycles. The van der Waals surface area contributed by atoms with Crippen molar-refractivity contribution in [1.82, 2.24) is 10.6 Å². The van der Waals surface area contributed by atoms with E-state index < -0.39 is 0 Å². The third kappa shape index (κ3) is 7.85. The topological polar surface area (TPSA) is 70.6 Å². The van der Waals surface area contributed by atoms with Gasteiger partial charge < -0.3 is 20.5 Å². The Balaban J connectivity index is 1.97. The van der Waals surface area contributed by atoms with Gasteiger partial charge in [-0.1, -0.05) is 12.5 Å². The summed E-state index contributed by atoms with van der Waals surface area (Å²) in [5.74, 6) is 0.401. The van der Waals surface area contributed by atoms with E-state index in [4.69, 9.17) is 4.74 Å². The number of nitrogens with one attached hydrogen (secondary N) is 2. The van der Waals surface area contributed by atoms with Gasteiger partial charge in [0.25, 0.3) is 0 Å². The first-order valence-electron chi connectivity index (χ1n) is 7.10.